The first-order chi connectivity index (χ1) is 9.74. The summed E-state index contributed by atoms with van der Waals surface area (Å²) in [6.45, 7) is 5.25. The normalized spacial score (nSPS) is 21.4. The van der Waals surface area contributed by atoms with Crippen molar-refractivity contribution in [3.63, 3.8) is 0 Å². The van der Waals surface area contributed by atoms with Crippen molar-refractivity contribution in [3.05, 3.63) is 29.6 Å². The van der Waals surface area contributed by atoms with Crippen LogP contribution in [0.2, 0.25) is 0 Å². The summed E-state index contributed by atoms with van der Waals surface area (Å²) in [5.41, 5.74) is 1.10. The van der Waals surface area contributed by atoms with E-state index >= 15 is 0 Å². The quantitative estimate of drug-likeness (QED) is 0.737. The molecular weight excluding hydrogens is 253 g/mol. The molecule has 1 aliphatic rings. The van der Waals surface area contributed by atoms with Crippen molar-refractivity contribution in [1.82, 2.24) is 5.32 Å². The largest absolute Gasteiger partial charge is 0.490 e. The van der Waals surface area contributed by atoms with Gasteiger partial charge in [0.25, 0.3) is 0 Å². The van der Waals surface area contributed by atoms with Gasteiger partial charge in [0.05, 0.1) is 0 Å². The first-order valence-electron chi connectivity index (χ1n) is 7.94. The highest BCUT2D eigenvalue weighted by atomic mass is 19.1. The van der Waals surface area contributed by atoms with Crippen molar-refractivity contribution < 1.29 is 9.13 Å². The number of hydrogen-bond donors (Lipinski definition) is 1. The topological polar surface area (TPSA) is 21.3 Å². The van der Waals surface area contributed by atoms with Crippen LogP contribution in [0.15, 0.2) is 18.2 Å². The van der Waals surface area contributed by atoms with Crippen LogP contribution < -0.4 is 10.1 Å². The lowest BCUT2D eigenvalue weighted by molar-refractivity contribution is 0.137. The monoisotopic (exact) mass is 279 g/mol. The first-order valence-corrected chi connectivity index (χ1v) is 7.94. The van der Waals surface area contributed by atoms with Crippen LogP contribution in [0.3, 0.4) is 0 Å². The van der Waals surface area contributed by atoms with Gasteiger partial charge in [0.1, 0.15) is 17.7 Å². The number of ether oxygens (including phenoxy) is 1. The van der Waals surface area contributed by atoms with Crippen LogP contribution in [-0.2, 0) is 0 Å². The number of hydrogen-bond acceptors (Lipinski definition) is 2. The third kappa shape index (κ3) is 3.95. The van der Waals surface area contributed by atoms with Crippen LogP contribution in [0, 0.1) is 5.82 Å². The lowest BCUT2D eigenvalue weighted by atomic mass is 9.93. The second-order valence-electron chi connectivity index (χ2n) is 5.62. The third-order valence-corrected chi connectivity index (χ3v) is 3.97. The van der Waals surface area contributed by atoms with Crippen molar-refractivity contribution in [1.29, 1.82) is 0 Å². The van der Waals surface area contributed by atoms with Crippen LogP contribution >= 0.6 is 0 Å². The minimum atomic E-state index is -0.217. The Balaban J connectivity index is 2.01. The molecule has 20 heavy (non-hydrogen) atoms. The third-order valence-electron chi connectivity index (χ3n) is 3.97. The Hall–Kier alpha value is -1.09. The molecular formula is C17H26FNO. The lowest BCUT2D eigenvalue weighted by Gasteiger charge is -2.32. The summed E-state index contributed by atoms with van der Waals surface area (Å²) in [4.78, 5) is 0. The van der Waals surface area contributed by atoms with Gasteiger partial charge >= 0.3 is 0 Å². The second kappa shape index (κ2) is 7.63. The number of unbranched alkanes of at least 4 members (excludes halogenated alkanes) is 3. The minimum absolute atomic E-state index is 0.213. The Morgan fingerprint density at radius 1 is 1.25 bits per heavy atom. The molecule has 0 amide bonds. The van der Waals surface area contributed by atoms with Gasteiger partial charge in [-0.25, -0.2) is 4.39 Å². The number of nitrogens with one attached hydrogen (secondary N) is 1. The van der Waals surface area contributed by atoms with E-state index in [1.807, 2.05) is 6.07 Å². The van der Waals surface area contributed by atoms with E-state index in [0.717, 1.165) is 30.7 Å². The fourth-order valence-electron chi connectivity index (χ4n) is 2.93. The lowest BCUT2D eigenvalue weighted by Crippen LogP contribution is -2.33. The van der Waals surface area contributed by atoms with Crippen LogP contribution in [0.5, 0.6) is 5.75 Å². The Kier molecular flexibility index (Phi) is 5.84. The van der Waals surface area contributed by atoms with Crippen molar-refractivity contribution in [2.75, 3.05) is 6.54 Å². The fraction of sp³-hybridized carbons (Fsp3) is 0.647. The molecule has 0 aromatic heterocycles. The minimum Gasteiger partial charge on any atom is -0.490 e. The summed E-state index contributed by atoms with van der Waals surface area (Å²) in [7, 11) is 0. The molecule has 1 aromatic rings. The zero-order valence-electron chi connectivity index (χ0n) is 12.6. The van der Waals surface area contributed by atoms with E-state index in [4.69, 9.17) is 4.74 Å². The highest BCUT2D eigenvalue weighted by Crippen LogP contribution is 2.36. The van der Waals surface area contributed by atoms with E-state index in [0.29, 0.717) is 6.04 Å². The Morgan fingerprint density at radius 3 is 2.85 bits per heavy atom. The van der Waals surface area contributed by atoms with E-state index in [1.165, 1.54) is 37.8 Å². The molecule has 0 bridgehead atoms. The average Bonchev–Trinajstić information content (AvgIpc) is 2.43. The molecule has 1 heterocycles. The van der Waals surface area contributed by atoms with E-state index in [1.54, 1.807) is 0 Å². The molecule has 0 aliphatic carbocycles. The van der Waals surface area contributed by atoms with Crippen molar-refractivity contribution in [3.8, 4) is 5.75 Å². The smallest absolute Gasteiger partial charge is 0.127 e. The number of halogens is 1. The van der Waals surface area contributed by atoms with Gasteiger partial charge in [-0.15, -0.1) is 0 Å². The number of benzene rings is 1. The van der Waals surface area contributed by atoms with E-state index < -0.39 is 0 Å². The molecule has 1 N–H and O–H groups in total. The molecule has 0 spiro atoms. The molecule has 2 unspecified atom stereocenters. The summed E-state index contributed by atoms with van der Waals surface area (Å²) < 4.78 is 19.4. The molecule has 2 nitrogen and oxygen atoms in total. The first kappa shape index (κ1) is 15.3. The number of fused-ring (bicyclic) bond motifs is 1. The highest BCUT2D eigenvalue weighted by molar-refractivity contribution is 5.38. The van der Waals surface area contributed by atoms with Gasteiger partial charge in [0, 0.05) is 24.1 Å². The maximum absolute atomic E-state index is 13.4. The summed E-state index contributed by atoms with van der Waals surface area (Å²) in [6, 6.07) is 5.19. The van der Waals surface area contributed by atoms with Gasteiger partial charge in [-0.2, -0.15) is 0 Å². The second-order valence-corrected chi connectivity index (χ2v) is 5.62. The highest BCUT2D eigenvalue weighted by Gasteiger charge is 2.27. The SMILES string of the molecule is CCCCCCC1CC(NCC)c2ccc(F)cc2O1. The van der Waals surface area contributed by atoms with E-state index in [-0.39, 0.29) is 11.9 Å². The van der Waals surface area contributed by atoms with Crippen LogP contribution in [0.1, 0.15) is 64.0 Å². The molecule has 112 valence electrons. The molecule has 1 aromatic carbocycles. The van der Waals surface area contributed by atoms with Gasteiger partial charge in [0.2, 0.25) is 0 Å². The summed E-state index contributed by atoms with van der Waals surface area (Å²) >= 11 is 0. The Morgan fingerprint density at radius 2 is 2.10 bits per heavy atom. The van der Waals surface area contributed by atoms with Gasteiger partial charge in [-0.3, -0.25) is 0 Å². The summed E-state index contributed by atoms with van der Waals surface area (Å²) in [6.07, 6.45) is 7.26. The maximum atomic E-state index is 13.4. The van der Waals surface area contributed by atoms with Gasteiger partial charge < -0.3 is 10.1 Å². The van der Waals surface area contributed by atoms with Crippen molar-refractivity contribution in [2.24, 2.45) is 0 Å². The summed E-state index contributed by atoms with van der Waals surface area (Å²) in [5, 5.41) is 3.49. The predicted octanol–water partition coefficient (Wildman–Crippen LogP) is 4.60. The van der Waals surface area contributed by atoms with Crippen molar-refractivity contribution >= 4 is 0 Å². The van der Waals surface area contributed by atoms with Crippen LogP contribution in [-0.4, -0.2) is 12.6 Å². The summed E-state index contributed by atoms with van der Waals surface area (Å²) in [5.74, 6) is 0.508. The zero-order chi connectivity index (χ0) is 14.4. The number of rotatable bonds is 7. The zero-order valence-corrected chi connectivity index (χ0v) is 12.6. The van der Waals surface area contributed by atoms with E-state index in [2.05, 4.69) is 19.2 Å². The van der Waals surface area contributed by atoms with Crippen LogP contribution in [0.25, 0.3) is 0 Å². The Labute approximate surface area is 121 Å². The van der Waals surface area contributed by atoms with E-state index in [9.17, 15) is 4.39 Å². The standard InChI is InChI=1S/C17H26FNO/c1-3-5-6-7-8-14-12-16(19-4-2)15-10-9-13(18)11-17(15)20-14/h9-11,14,16,19H,3-8,12H2,1-2H3. The van der Waals surface area contributed by atoms with Gasteiger partial charge in [-0.05, 0) is 25.5 Å². The van der Waals surface area contributed by atoms with Crippen LogP contribution in [0.4, 0.5) is 4.39 Å². The molecule has 2 atom stereocenters. The average molecular weight is 279 g/mol. The molecule has 0 radical (unpaired) electrons. The fourth-order valence-corrected chi connectivity index (χ4v) is 2.93. The molecule has 0 saturated carbocycles. The molecule has 0 saturated heterocycles. The molecule has 0 fully saturated rings. The molecule has 2 rings (SSSR count). The van der Waals surface area contributed by atoms with Gasteiger partial charge in [-0.1, -0.05) is 39.2 Å². The predicted molar refractivity (Wildman–Crippen MR) is 80.6 cm³/mol. The van der Waals surface area contributed by atoms with Gasteiger partial charge in [0.15, 0.2) is 0 Å². The Bertz CT molecular complexity index is 421. The molecule has 1 aliphatic heterocycles. The van der Waals surface area contributed by atoms with Crippen molar-refractivity contribution in [2.45, 2.75) is 64.5 Å². The maximum Gasteiger partial charge on any atom is 0.127 e. The molecule has 3 heteroatoms.